The van der Waals surface area contributed by atoms with Crippen molar-refractivity contribution in [2.24, 2.45) is 11.4 Å². The van der Waals surface area contributed by atoms with Gasteiger partial charge in [0.05, 0.1) is 16.7 Å². The zero-order chi connectivity index (χ0) is 17.5. The molecule has 0 radical (unpaired) electrons. The molecule has 0 aliphatic heterocycles. The Morgan fingerprint density at radius 2 is 1.83 bits per heavy atom. The van der Waals surface area contributed by atoms with Gasteiger partial charge in [0.25, 0.3) is 10.0 Å². The number of hydrogen-bond donors (Lipinski definition) is 0. The third-order valence-corrected chi connectivity index (χ3v) is 6.30. The van der Waals surface area contributed by atoms with Crippen LogP contribution in [0.2, 0.25) is 0 Å². The van der Waals surface area contributed by atoms with Crippen molar-refractivity contribution in [3.8, 4) is 5.75 Å². The molecule has 0 saturated heterocycles. The molecule has 0 spiro atoms. The van der Waals surface area contributed by atoms with E-state index in [1.807, 2.05) is 19.1 Å². The fraction of sp³-hybridized carbons (Fsp3) is 0.188. The SMILES string of the molecule is COc1ccc(C)c2sc(=NS(=O)(=O)c3ccc(F)cc3)n(C)c12. The van der Waals surface area contributed by atoms with E-state index in [0.717, 1.165) is 27.9 Å². The van der Waals surface area contributed by atoms with Crippen molar-refractivity contribution in [3.63, 3.8) is 0 Å². The number of fused-ring (bicyclic) bond motifs is 1. The lowest BCUT2D eigenvalue weighted by molar-refractivity contribution is 0.417. The normalized spacial score (nSPS) is 12.8. The molecular weight excluding hydrogens is 351 g/mol. The number of halogens is 1. The largest absolute Gasteiger partial charge is 0.495 e. The van der Waals surface area contributed by atoms with Crippen LogP contribution in [0.3, 0.4) is 0 Å². The van der Waals surface area contributed by atoms with Crippen molar-refractivity contribution < 1.29 is 17.5 Å². The molecule has 8 heteroatoms. The summed E-state index contributed by atoms with van der Waals surface area (Å²) in [5.41, 5.74) is 1.79. The molecule has 0 unspecified atom stereocenters. The lowest BCUT2D eigenvalue weighted by atomic mass is 10.2. The van der Waals surface area contributed by atoms with Gasteiger partial charge in [-0.2, -0.15) is 8.42 Å². The highest BCUT2D eigenvalue weighted by Gasteiger charge is 2.16. The molecule has 3 rings (SSSR count). The van der Waals surface area contributed by atoms with E-state index in [0.29, 0.717) is 10.6 Å². The fourth-order valence-corrected chi connectivity index (χ4v) is 4.69. The van der Waals surface area contributed by atoms with E-state index >= 15 is 0 Å². The topological polar surface area (TPSA) is 60.7 Å². The van der Waals surface area contributed by atoms with Gasteiger partial charge in [0, 0.05) is 7.05 Å². The van der Waals surface area contributed by atoms with Crippen LogP contribution in [0.4, 0.5) is 4.39 Å². The first kappa shape index (κ1) is 16.7. The number of ether oxygens (including phenoxy) is 1. The number of aryl methyl sites for hydroxylation is 2. The van der Waals surface area contributed by atoms with Gasteiger partial charge in [-0.25, -0.2) is 4.39 Å². The van der Waals surface area contributed by atoms with Gasteiger partial charge in [0.15, 0.2) is 0 Å². The molecule has 3 aromatic rings. The molecule has 0 fully saturated rings. The predicted octanol–water partition coefficient (Wildman–Crippen LogP) is 2.99. The molecule has 2 aromatic carbocycles. The molecule has 1 heterocycles. The second-order valence-corrected chi connectivity index (χ2v) is 7.81. The van der Waals surface area contributed by atoms with E-state index in [4.69, 9.17) is 4.74 Å². The Bertz CT molecular complexity index is 1080. The summed E-state index contributed by atoms with van der Waals surface area (Å²) < 4.78 is 49.8. The summed E-state index contributed by atoms with van der Waals surface area (Å²) in [7, 11) is -0.626. The van der Waals surface area contributed by atoms with Crippen molar-refractivity contribution in [3.05, 3.63) is 52.6 Å². The lowest BCUT2D eigenvalue weighted by Gasteiger charge is -2.05. The fourth-order valence-electron chi connectivity index (χ4n) is 2.36. The van der Waals surface area contributed by atoms with E-state index < -0.39 is 15.8 Å². The maximum absolute atomic E-state index is 13.0. The summed E-state index contributed by atoms with van der Waals surface area (Å²) in [6.45, 7) is 1.94. The number of nitrogens with zero attached hydrogens (tertiary/aromatic N) is 2. The minimum Gasteiger partial charge on any atom is -0.495 e. The molecule has 5 nitrogen and oxygen atoms in total. The first-order valence-corrected chi connectivity index (χ1v) is 9.29. The first-order valence-electron chi connectivity index (χ1n) is 7.03. The van der Waals surface area contributed by atoms with Gasteiger partial charge in [-0.3, -0.25) is 0 Å². The van der Waals surface area contributed by atoms with Crippen LogP contribution in [-0.4, -0.2) is 20.1 Å². The standard InChI is InChI=1S/C16H15FN2O3S2/c1-10-4-9-13(22-3)14-15(10)23-16(19(14)2)18-24(20,21)12-7-5-11(17)6-8-12/h4-9H,1-3H3. The van der Waals surface area contributed by atoms with Gasteiger partial charge >= 0.3 is 0 Å². The zero-order valence-electron chi connectivity index (χ0n) is 13.3. The highest BCUT2D eigenvalue weighted by atomic mass is 32.2. The maximum Gasteiger partial charge on any atom is 0.285 e. The van der Waals surface area contributed by atoms with Crippen LogP contribution in [0.1, 0.15) is 5.56 Å². The van der Waals surface area contributed by atoms with Crippen molar-refractivity contribution in [1.82, 2.24) is 4.57 Å². The van der Waals surface area contributed by atoms with Crippen LogP contribution in [0.5, 0.6) is 5.75 Å². The minimum absolute atomic E-state index is 0.0509. The number of rotatable bonds is 3. The number of benzene rings is 2. The van der Waals surface area contributed by atoms with Gasteiger partial charge < -0.3 is 9.30 Å². The first-order chi connectivity index (χ1) is 11.3. The highest BCUT2D eigenvalue weighted by Crippen LogP contribution is 2.29. The monoisotopic (exact) mass is 366 g/mol. The van der Waals surface area contributed by atoms with Crippen LogP contribution in [0.15, 0.2) is 45.7 Å². The third kappa shape index (κ3) is 2.83. The van der Waals surface area contributed by atoms with E-state index in [1.54, 1.807) is 18.7 Å². The Morgan fingerprint density at radius 3 is 2.46 bits per heavy atom. The third-order valence-electron chi connectivity index (χ3n) is 3.64. The van der Waals surface area contributed by atoms with Crippen molar-refractivity contribution in [1.29, 1.82) is 0 Å². The molecule has 0 aliphatic carbocycles. The number of sulfonamides is 1. The van der Waals surface area contributed by atoms with Crippen LogP contribution in [0, 0.1) is 12.7 Å². The van der Waals surface area contributed by atoms with Crippen LogP contribution >= 0.6 is 11.3 Å². The second kappa shape index (κ2) is 6.03. The van der Waals surface area contributed by atoms with E-state index in [9.17, 15) is 12.8 Å². The molecule has 0 saturated carbocycles. The Kier molecular flexibility index (Phi) is 4.18. The Labute approximate surface area is 142 Å². The van der Waals surface area contributed by atoms with Crippen molar-refractivity contribution >= 4 is 31.6 Å². The molecule has 0 amide bonds. The van der Waals surface area contributed by atoms with E-state index in [2.05, 4.69) is 4.40 Å². The average Bonchev–Trinajstić information content (AvgIpc) is 2.86. The molecule has 1 aromatic heterocycles. The average molecular weight is 366 g/mol. The minimum atomic E-state index is -3.93. The maximum atomic E-state index is 13.0. The highest BCUT2D eigenvalue weighted by molar-refractivity contribution is 7.90. The summed E-state index contributed by atoms with van der Waals surface area (Å²) >= 11 is 1.27. The molecule has 0 N–H and O–H groups in total. The number of hydrogen-bond acceptors (Lipinski definition) is 4. The number of aromatic nitrogens is 1. The van der Waals surface area contributed by atoms with Crippen LogP contribution in [-0.2, 0) is 17.1 Å². The zero-order valence-corrected chi connectivity index (χ0v) is 14.9. The summed E-state index contributed by atoms with van der Waals surface area (Å²) in [6, 6.07) is 8.35. The van der Waals surface area contributed by atoms with Gasteiger partial charge in [-0.05, 0) is 42.8 Å². The van der Waals surface area contributed by atoms with Crippen LogP contribution in [0.25, 0.3) is 10.2 Å². The van der Waals surface area contributed by atoms with Gasteiger partial charge in [-0.1, -0.05) is 17.4 Å². The van der Waals surface area contributed by atoms with Crippen LogP contribution < -0.4 is 9.54 Å². The molecule has 0 aliphatic rings. The van der Waals surface area contributed by atoms with E-state index in [1.165, 1.54) is 23.5 Å². The Hall–Kier alpha value is -2.19. The van der Waals surface area contributed by atoms with Crippen molar-refractivity contribution in [2.75, 3.05) is 7.11 Å². The second-order valence-electron chi connectivity index (χ2n) is 5.23. The molecule has 0 atom stereocenters. The van der Waals surface area contributed by atoms with Crippen molar-refractivity contribution in [2.45, 2.75) is 11.8 Å². The summed E-state index contributed by atoms with van der Waals surface area (Å²) in [5.74, 6) is 0.150. The number of thiazole rings is 1. The lowest BCUT2D eigenvalue weighted by Crippen LogP contribution is -2.14. The Balaban J connectivity index is 2.26. The molecular formula is C16H15FN2O3S2. The predicted molar refractivity (Wildman–Crippen MR) is 91.2 cm³/mol. The molecule has 24 heavy (non-hydrogen) atoms. The summed E-state index contributed by atoms with van der Waals surface area (Å²) in [6.07, 6.45) is 0. The molecule has 126 valence electrons. The summed E-state index contributed by atoms with van der Waals surface area (Å²) in [5, 5.41) is 0. The van der Waals surface area contributed by atoms with Gasteiger partial charge in [-0.15, -0.1) is 4.40 Å². The Morgan fingerprint density at radius 1 is 1.17 bits per heavy atom. The molecule has 0 bridgehead atoms. The van der Waals surface area contributed by atoms with E-state index in [-0.39, 0.29) is 4.90 Å². The quantitative estimate of drug-likeness (QED) is 0.716. The smallest absolute Gasteiger partial charge is 0.285 e. The number of methoxy groups -OCH3 is 1. The van der Waals surface area contributed by atoms with Gasteiger partial charge in [0.1, 0.15) is 17.1 Å². The summed E-state index contributed by atoms with van der Waals surface area (Å²) in [4.78, 5) is 0.270. The van der Waals surface area contributed by atoms with Gasteiger partial charge in [0.2, 0.25) is 4.80 Å².